The lowest BCUT2D eigenvalue weighted by molar-refractivity contribution is 0.246. The summed E-state index contributed by atoms with van der Waals surface area (Å²) in [5.74, 6) is 0.956. The van der Waals surface area contributed by atoms with Crippen LogP contribution in [0, 0.1) is 5.92 Å². The van der Waals surface area contributed by atoms with Crippen LogP contribution >= 0.6 is 0 Å². The Hall–Kier alpha value is -0.0800. The molecule has 18 heavy (non-hydrogen) atoms. The van der Waals surface area contributed by atoms with Gasteiger partial charge in [-0.05, 0) is 77.2 Å². The Kier molecular flexibility index (Phi) is 9.59. The number of nitrogens with zero attached hydrogens (tertiary/aromatic N) is 1. The van der Waals surface area contributed by atoms with Gasteiger partial charge in [0, 0.05) is 0 Å². The van der Waals surface area contributed by atoms with Crippen LogP contribution in [-0.4, -0.2) is 37.6 Å². The van der Waals surface area contributed by atoms with Crippen LogP contribution < -0.4 is 5.32 Å². The van der Waals surface area contributed by atoms with Crippen LogP contribution in [0.25, 0.3) is 0 Å². The van der Waals surface area contributed by atoms with Gasteiger partial charge in [0.15, 0.2) is 0 Å². The highest BCUT2D eigenvalue weighted by Gasteiger charge is 2.13. The standard InChI is InChI=1S/C16H34N2/c1-3-5-12-18(13-6-4-2)14-8-10-16-9-7-11-17-15-16/h16-17H,3-15H2,1-2H3. The first-order chi connectivity index (χ1) is 8.86. The van der Waals surface area contributed by atoms with E-state index in [4.69, 9.17) is 0 Å². The molecular formula is C16H34N2. The van der Waals surface area contributed by atoms with Crippen molar-refractivity contribution in [2.24, 2.45) is 5.92 Å². The molecule has 1 fully saturated rings. The number of hydrogen-bond acceptors (Lipinski definition) is 2. The molecule has 1 aliphatic heterocycles. The highest BCUT2D eigenvalue weighted by molar-refractivity contribution is 4.70. The molecule has 0 aromatic rings. The zero-order valence-corrected chi connectivity index (χ0v) is 12.7. The van der Waals surface area contributed by atoms with Gasteiger partial charge in [0.05, 0.1) is 0 Å². The van der Waals surface area contributed by atoms with Gasteiger partial charge in [-0.2, -0.15) is 0 Å². The first-order valence-electron chi connectivity index (χ1n) is 8.29. The lowest BCUT2D eigenvalue weighted by Crippen LogP contribution is -2.31. The maximum Gasteiger partial charge on any atom is -0.00186 e. The molecule has 2 nitrogen and oxygen atoms in total. The number of hydrogen-bond donors (Lipinski definition) is 1. The van der Waals surface area contributed by atoms with Gasteiger partial charge in [-0.25, -0.2) is 0 Å². The zero-order chi connectivity index (χ0) is 13.1. The minimum atomic E-state index is 0.956. The summed E-state index contributed by atoms with van der Waals surface area (Å²) >= 11 is 0. The van der Waals surface area contributed by atoms with Gasteiger partial charge in [-0.3, -0.25) is 0 Å². The smallest absolute Gasteiger partial charge is 0.00186 e. The Labute approximate surface area is 115 Å². The molecule has 0 saturated carbocycles. The van der Waals surface area contributed by atoms with E-state index in [2.05, 4.69) is 24.1 Å². The first-order valence-corrected chi connectivity index (χ1v) is 8.29. The normalized spacial score (nSPS) is 20.5. The third kappa shape index (κ3) is 7.38. The highest BCUT2D eigenvalue weighted by Crippen LogP contribution is 2.16. The fraction of sp³-hybridized carbons (Fsp3) is 1.00. The molecule has 1 heterocycles. The molecule has 1 N–H and O–H groups in total. The van der Waals surface area contributed by atoms with E-state index in [9.17, 15) is 0 Å². The minimum Gasteiger partial charge on any atom is -0.316 e. The first kappa shape index (κ1) is 16.0. The van der Waals surface area contributed by atoms with Crippen LogP contribution in [-0.2, 0) is 0 Å². The Morgan fingerprint density at radius 3 is 2.22 bits per heavy atom. The predicted octanol–water partition coefficient (Wildman–Crippen LogP) is 3.67. The van der Waals surface area contributed by atoms with Gasteiger partial charge in [-0.1, -0.05) is 26.7 Å². The third-order valence-electron chi connectivity index (χ3n) is 4.14. The van der Waals surface area contributed by atoms with Crippen LogP contribution in [0.1, 0.15) is 65.2 Å². The van der Waals surface area contributed by atoms with Crippen molar-refractivity contribution in [3.8, 4) is 0 Å². The molecule has 1 unspecified atom stereocenters. The van der Waals surface area contributed by atoms with E-state index in [1.165, 1.54) is 84.1 Å². The second-order valence-electron chi connectivity index (χ2n) is 5.90. The van der Waals surface area contributed by atoms with Crippen molar-refractivity contribution in [3.05, 3.63) is 0 Å². The maximum absolute atomic E-state index is 3.53. The van der Waals surface area contributed by atoms with Crippen LogP contribution in [0.15, 0.2) is 0 Å². The summed E-state index contributed by atoms with van der Waals surface area (Å²) in [7, 11) is 0. The van der Waals surface area contributed by atoms with E-state index in [1.807, 2.05) is 0 Å². The van der Waals surface area contributed by atoms with Gasteiger partial charge < -0.3 is 10.2 Å². The summed E-state index contributed by atoms with van der Waals surface area (Å²) in [6.45, 7) is 11.1. The average molecular weight is 254 g/mol. The second-order valence-corrected chi connectivity index (χ2v) is 5.90. The Balaban J connectivity index is 2.10. The highest BCUT2D eigenvalue weighted by atomic mass is 15.1. The average Bonchev–Trinajstić information content (AvgIpc) is 2.42. The van der Waals surface area contributed by atoms with Crippen molar-refractivity contribution >= 4 is 0 Å². The largest absolute Gasteiger partial charge is 0.316 e. The fourth-order valence-corrected chi connectivity index (χ4v) is 2.87. The molecule has 0 aromatic heterocycles. The van der Waals surface area contributed by atoms with Crippen molar-refractivity contribution in [2.45, 2.75) is 65.2 Å². The quantitative estimate of drug-likeness (QED) is 0.640. The summed E-state index contributed by atoms with van der Waals surface area (Å²) < 4.78 is 0. The lowest BCUT2D eigenvalue weighted by atomic mass is 9.94. The molecule has 108 valence electrons. The van der Waals surface area contributed by atoms with E-state index in [0.29, 0.717) is 0 Å². The van der Waals surface area contributed by atoms with Crippen LogP contribution in [0.2, 0.25) is 0 Å². The van der Waals surface area contributed by atoms with Gasteiger partial charge >= 0.3 is 0 Å². The fourth-order valence-electron chi connectivity index (χ4n) is 2.87. The van der Waals surface area contributed by atoms with Crippen LogP contribution in [0.3, 0.4) is 0 Å². The van der Waals surface area contributed by atoms with Crippen molar-refractivity contribution < 1.29 is 0 Å². The van der Waals surface area contributed by atoms with E-state index >= 15 is 0 Å². The summed E-state index contributed by atoms with van der Waals surface area (Å²) in [5.41, 5.74) is 0. The number of rotatable bonds is 10. The van der Waals surface area contributed by atoms with Crippen molar-refractivity contribution in [2.75, 3.05) is 32.7 Å². The lowest BCUT2D eigenvalue weighted by Gasteiger charge is -2.25. The van der Waals surface area contributed by atoms with Crippen LogP contribution in [0.5, 0.6) is 0 Å². The van der Waals surface area contributed by atoms with Crippen molar-refractivity contribution in [1.82, 2.24) is 10.2 Å². The molecule has 1 saturated heterocycles. The minimum absolute atomic E-state index is 0.956. The molecule has 0 amide bonds. The van der Waals surface area contributed by atoms with Gasteiger partial charge in [0.1, 0.15) is 0 Å². The second kappa shape index (κ2) is 10.8. The summed E-state index contributed by atoms with van der Waals surface area (Å²) in [4.78, 5) is 2.70. The topological polar surface area (TPSA) is 15.3 Å². The Morgan fingerprint density at radius 1 is 1.00 bits per heavy atom. The predicted molar refractivity (Wildman–Crippen MR) is 81.1 cm³/mol. The van der Waals surface area contributed by atoms with Crippen molar-refractivity contribution in [1.29, 1.82) is 0 Å². The number of piperidine rings is 1. The van der Waals surface area contributed by atoms with Gasteiger partial charge in [0.25, 0.3) is 0 Å². The molecule has 2 heteroatoms. The van der Waals surface area contributed by atoms with E-state index in [0.717, 1.165) is 5.92 Å². The molecule has 1 atom stereocenters. The molecule has 0 radical (unpaired) electrons. The molecule has 0 spiro atoms. The van der Waals surface area contributed by atoms with Gasteiger partial charge in [0.2, 0.25) is 0 Å². The molecule has 0 aromatic carbocycles. The summed E-state index contributed by atoms with van der Waals surface area (Å²) in [5, 5.41) is 3.53. The monoisotopic (exact) mass is 254 g/mol. The molecule has 1 rings (SSSR count). The summed E-state index contributed by atoms with van der Waals surface area (Å²) in [6, 6.07) is 0. The van der Waals surface area contributed by atoms with E-state index in [-0.39, 0.29) is 0 Å². The van der Waals surface area contributed by atoms with Gasteiger partial charge in [-0.15, -0.1) is 0 Å². The number of nitrogens with one attached hydrogen (secondary N) is 1. The SMILES string of the molecule is CCCCN(CCCC)CCCC1CCCNC1. The van der Waals surface area contributed by atoms with E-state index in [1.54, 1.807) is 0 Å². The molecular weight excluding hydrogens is 220 g/mol. The summed E-state index contributed by atoms with van der Waals surface area (Å²) in [6.07, 6.45) is 11.1. The molecule has 0 aliphatic carbocycles. The third-order valence-corrected chi connectivity index (χ3v) is 4.14. The van der Waals surface area contributed by atoms with Crippen molar-refractivity contribution in [3.63, 3.8) is 0 Å². The maximum atomic E-state index is 3.53. The van der Waals surface area contributed by atoms with E-state index < -0.39 is 0 Å². The number of unbranched alkanes of at least 4 members (excludes halogenated alkanes) is 2. The molecule has 0 bridgehead atoms. The Morgan fingerprint density at radius 2 is 1.67 bits per heavy atom. The molecule has 1 aliphatic rings. The van der Waals surface area contributed by atoms with Crippen LogP contribution in [0.4, 0.5) is 0 Å². The zero-order valence-electron chi connectivity index (χ0n) is 12.7. The Bertz CT molecular complexity index is 168.